The number of carbonyl (C=O) groups excluding carboxylic acids is 3. The molecule has 0 spiro atoms. The van der Waals surface area contributed by atoms with Crippen molar-refractivity contribution in [1.82, 2.24) is 0 Å². The molecule has 468 valence electrons. The Balaban J connectivity index is 4.21. The largest absolute Gasteiger partial charge is 0.462 e. The van der Waals surface area contributed by atoms with Gasteiger partial charge in [-0.3, -0.25) is 14.4 Å². The minimum Gasteiger partial charge on any atom is -0.462 e. The molecule has 0 aromatic heterocycles. The van der Waals surface area contributed by atoms with Gasteiger partial charge in [0.2, 0.25) is 0 Å². The molecule has 0 aliphatic rings. The third-order valence-corrected chi connectivity index (χ3v) is 15.4. The molecule has 6 nitrogen and oxygen atoms in total. The molecule has 0 aliphatic heterocycles. The summed E-state index contributed by atoms with van der Waals surface area (Å²) in [4.78, 5) is 38.4. The van der Waals surface area contributed by atoms with Crippen LogP contribution in [0, 0.1) is 0 Å². The second-order valence-electron chi connectivity index (χ2n) is 23.4. The first-order valence-corrected chi connectivity index (χ1v) is 35.1. The number of ether oxygens (including phenoxy) is 3. The zero-order valence-electron chi connectivity index (χ0n) is 53.8. The van der Waals surface area contributed by atoms with Crippen molar-refractivity contribution in [3.63, 3.8) is 0 Å². The van der Waals surface area contributed by atoms with Gasteiger partial charge in [0, 0.05) is 19.3 Å². The SMILES string of the molecule is CC/C=C\C/C=C\C/C=C\C/C=C\CCCCC(=O)OCC(COC(=O)CCCCCCCCCCCCCCCCCCCCCCCCCCCCCCCCC)OC(=O)CCCCCCCCC/C=C\C/C=C\C/C=C\CC. The van der Waals surface area contributed by atoms with E-state index < -0.39 is 6.10 Å². The van der Waals surface area contributed by atoms with Crippen LogP contribution in [0.3, 0.4) is 0 Å². The summed E-state index contributed by atoms with van der Waals surface area (Å²) >= 11 is 0. The summed E-state index contributed by atoms with van der Waals surface area (Å²) in [6.45, 7) is 6.42. The molecule has 1 unspecified atom stereocenters. The van der Waals surface area contributed by atoms with Crippen molar-refractivity contribution >= 4 is 17.9 Å². The third kappa shape index (κ3) is 67.3. The van der Waals surface area contributed by atoms with Crippen LogP contribution in [-0.4, -0.2) is 37.2 Å². The molecule has 0 aromatic rings. The molecule has 0 aliphatic carbocycles. The van der Waals surface area contributed by atoms with Gasteiger partial charge in [-0.2, -0.15) is 0 Å². The van der Waals surface area contributed by atoms with Gasteiger partial charge in [0.1, 0.15) is 13.2 Å². The number of hydrogen-bond donors (Lipinski definition) is 0. The second-order valence-corrected chi connectivity index (χ2v) is 23.4. The lowest BCUT2D eigenvalue weighted by Gasteiger charge is -2.18. The number of allylic oxidation sites excluding steroid dienone is 14. The van der Waals surface area contributed by atoms with Gasteiger partial charge < -0.3 is 14.2 Å². The van der Waals surface area contributed by atoms with E-state index in [1.807, 2.05) is 0 Å². The average Bonchev–Trinajstić information content (AvgIpc) is 3.47. The van der Waals surface area contributed by atoms with Gasteiger partial charge in [-0.15, -0.1) is 0 Å². The normalized spacial score (nSPS) is 12.6. The first-order chi connectivity index (χ1) is 40.0. The Kier molecular flexibility index (Phi) is 66.2. The van der Waals surface area contributed by atoms with Crippen LogP contribution in [0.2, 0.25) is 0 Å². The van der Waals surface area contributed by atoms with E-state index in [0.29, 0.717) is 19.3 Å². The maximum Gasteiger partial charge on any atom is 0.306 e. The molecule has 1 atom stereocenters. The van der Waals surface area contributed by atoms with Crippen LogP contribution < -0.4 is 0 Å². The molecule has 6 heteroatoms. The monoisotopic (exact) mass is 1130 g/mol. The van der Waals surface area contributed by atoms with Gasteiger partial charge in [0.15, 0.2) is 6.10 Å². The minimum atomic E-state index is -0.800. The number of rotatable bonds is 64. The van der Waals surface area contributed by atoms with Crippen LogP contribution in [0.25, 0.3) is 0 Å². The lowest BCUT2D eigenvalue weighted by molar-refractivity contribution is -0.167. The Morgan fingerprint density at radius 2 is 0.481 bits per heavy atom. The van der Waals surface area contributed by atoms with E-state index in [0.717, 1.165) is 109 Å². The average molecular weight is 1130 g/mol. The summed E-state index contributed by atoms with van der Waals surface area (Å²) in [5.74, 6) is -0.930. The smallest absolute Gasteiger partial charge is 0.306 e. The molecule has 0 aromatic carbocycles. The molecule has 81 heavy (non-hydrogen) atoms. The molecule has 0 amide bonds. The highest BCUT2D eigenvalue weighted by atomic mass is 16.6. The van der Waals surface area contributed by atoms with Crippen LogP contribution in [0.1, 0.15) is 355 Å². The van der Waals surface area contributed by atoms with Gasteiger partial charge in [-0.1, -0.05) is 331 Å². The van der Waals surface area contributed by atoms with E-state index in [1.165, 1.54) is 205 Å². The van der Waals surface area contributed by atoms with Crippen molar-refractivity contribution in [2.75, 3.05) is 13.2 Å². The van der Waals surface area contributed by atoms with Crippen LogP contribution >= 0.6 is 0 Å². The van der Waals surface area contributed by atoms with Gasteiger partial charge >= 0.3 is 17.9 Å². The second kappa shape index (κ2) is 69.1. The van der Waals surface area contributed by atoms with Gasteiger partial charge in [-0.25, -0.2) is 0 Å². The van der Waals surface area contributed by atoms with Crippen molar-refractivity contribution in [2.45, 2.75) is 361 Å². The van der Waals surface area contributed by atoms with E-state index in [-0.39, 0.29) is 31.1 Å². The van der Waals surface area contributed by atoms with E-state index in [4.69, 9.17) is 14.2 Å². The van der Waals surface area contributed by atoms with Gasteiger partial charge in [-0.05, 0) is 89.9 Å². The Morgan fingerprint density at radius 3 is 0.778 bits per heavy atom. The predicted molar refractivity (Wildman–Crippen MR) is 353 cm³/mol. The summed E-state index contributed by atoms with van der Waals surface area (Å²) in [7, 11) is 0. The number of esters is 3. The van der Waals surface area contributed by atoms with E-state index in [1.54, 1.807) is 0 Å². The summed E-state index contributed by atoms with van der Waals surface area (Å²) in [6, 6.07) is 0. The highest BCUT2D eigenvalue weighted by molar-refractivity contribution is 5.71. The summed E-state index contributed by atoms with van der Waals surface area (Å²) in [5, 5.41) is 0. The molecule has 0 rings (SSSR count). The quantitative estimate of drug-likeness (QED) is 0.0261. The summed E-state index contributed by atoms with van der Waals surface area (Å²) < 4.78 is 16.9. The standard InChI is InChI=1S/C75H132O6/c1-4-7-10-13-16-19-22-25-28-30-31-32-33-34-35-36-37-38-39-40-41-42-43-45-47-50-53-56-59-62-65-68-74(77)80-71-72(70-79-73(76)67-64-61-58-55-52-49-46-27-24-21-18-15-12-9-6-3)81-75(78)69-66-63-60-57-54-51-48-44-29-26-23-20-17-14-11-8-5-2/h8-9,11-12,17-18,20-21,26-27,29,46,52,55,72H,4-7,10,13-16,19,22-25,28,30-45,47-51,53-54,56-71H2,1-3H3/b11-8-,12-9-,20-17-,21-18-,29-26-,46-27-,55-52-. The highest BCUT2D eigenvalue weighted by Gasteiger charge is 2.19. The fourth-order valence-corrected chi connectivity index (χ4v) is 10.2. The van der Waals surface area contributed by atoms with Crippen LogP contribution in [0.15, 0.2) is 85.1 Å². The Bertz CT molecular complexity index is 1530. The van der Waals surface area contributed by atoms with Gasteiger partial charge in [0.05, 0.1) is 0 Å². The molecule has 0 saturated carbocycles. The lowest BCUT2D eigenvalue weighted by atomic mass is 10.0. The molecule has 0 fully saturated rings. The zero-order valence-corrected chi connectivity index (χ0v) is 53.8. The lowest BCUT2D eigenvalue weighted by Crippen LogP contribution is -2.30. The number of unbranched alkanes of at least 4 members (excludes halogenated alkanes) is 39. The van der Waals surface area contributed by atoms with E-state index in [2.05, 4.69) is 106 Å². The van der Waals surface area contributed by atoms with Crippen molar-refractivity contribution in [3.05, 3.63) is 85.1 Å². The van der Waals surface area contributed by atoms with E-state index in [9.17, 15) is 14.4 Å². The minimum absolute atomic E-state index is 0.0914. The van der Waals surface area contributed by atoms with E-state index >= 15 is 0 Å². The topological polar surface area (TPSA) is 78.9 Å². The summed E-state index contributed by atoms with van der Waals surface area (Å²) in [5.41, 5.74) is 0. The molecule has 0 radical (unpaired) electrons. The maximum atomic E-state index is 12.9. The van der Waals surface area contributed by atoms with Crippen LogP contribution in [-0.2, 0) is 28.6 Å². The molecule has 0 N–H and O–H groups in total. The van der Waals surface area contributed by atoms with Crippen molar-refractivity contribution < 1.29 is 28.6 Å². The maximum absolute atomic E-state index is 12.9. The third-order valence-electron chi connectivity index (χ3n) is 15.4. The van der Waals surface area contributed by atoms with Crippen LogP contribution in [0.5, 0.6) is 0 Å². The predicted octanol–water partition coefficient (Wildman–Crippen LogP) is 24.2. The molecule has 0 heterocycles. The Hall–Kier alpha value is -3.41. The highest BCUT2D eigenvalue weighted by Crippen LogP contribution is 2.18. The van der Waals surface area contributed by atoms with Crippen molar-refractivity contribution in [2.24, 2.45) is 0 Å². The number of carbonyl (C=O) groups is 3. The fourth-order valence-electron chi connectivity index (χ4n) is 10.2. The molecular weight excluding hydrogens is 997 g/mol. The first kappa shape index (κ1) is 77.6. The summed E-state index contributed by atoms with van der Waals surface area (Å²) in [6.07, 6.45) is 92.1. The Labute approximate surface area is 503 Å². The van der Waals surface area contributed by atoms with Crippen molar-refractivity contribution in [3.8, 4) is 0 Å². The Morgan fingerprint density at radius 1 is 0.259 bits per heavy atom. The van der Waals surface area contributed by atoms with Crippen molar-refractivity contribution in [1.29, 1.82) is 0 Å². The van der Waals surface area contributed by atoms with Gasteiger partial charge in [0.25, 0.3) is 0 Å². The van der Waals surface area contributed by atoms with Crippen LogP contribution in [0.4, 0.5) is 0 Å². The first-order valence-electron chi connectivity index (χ1n) is 35.1. The zero-order chi connectivity index (χ0) is 58.5. The number of hydrogen-bond acceptors (Lipinski definition) is 6. The molecule has 0 saturated heterocycles. The fraction of sp³-hybridized carbons (Fsp3) is 0.773. The molecular formula is C75H132O6. The molecule has 0 bridgehead atoms.